The Balaban J connectivity index is 0.000000339. The fourth-order valence-corrected chi connectivity index (χ4v) is 3.23. The van der Waals surface area contributed by atoms with Gasteiger partial charge in [-0.3, -0.25) is 9.78 Å². The van der Waals surface area contributed by atoms with Crippen molar-refractivity contribution in [2.75, 3.05) is 6.54 Å². The van der Waals surface area contributed by atoms with Crippen LogP contribution in [0, 0.1) is 5.92 Å². The van der Waals surface area contributed by atoms with E-state index in [0.717, 1.165) is 12.2 Å². The summed E-state index contributed by atoms with van der Waals surface area (Å²) in [4.78, 5) is 27.8. The SMILES string of the molecule is O=C(CC1CC1)N1Cc2cccn2CC(OCc2ccccn2)C1.O=C(O)C(F)(F)F. The van der Waals surface area contributed by atoms with Gasteiger partial charge >= 0.3 is 12.1 Å². The number of nitrogens with zero attached hydrogens (tertiary/aromatic N) is 3. The van der Waals surface area contributed by atoms with Crippen molar-refractivity contribution in [1.29, 1.82) is 0 Å². The minimum atomic E-state index is -5.08. The second kappa shape index (κ2) is 9.95. The van der Waals surface area contributed by atoms with Crippen molar-refractivity contribution in [3.8, 4) is 0 Å². The first-order valence-electron chi connectivity index (χ1n) is 9.95. The molecule has 1 amide bonds. The number of aromatic nitrogens is 2. The molecule has 1 aliphatic carbocycles. The summed E-state index contributed by atoms with van der Waals surface area (Å²) in [6, 6.07) is 9.97. The van der Waals surface area contributed by atoms with Crippen LogP contribution in [0.1, 0.15) is 30.7 Å². The molecule has 1 N–H and O–H groups in total. The monoisotopic (exact) mass is 439 g/mol. The van der Waals surface area contributed by atoms with E-state index in [1.807, 2.05) is 29.2 Å². The van der Waals surface area contributed by atoms with Crippen LogP contribution in [0.15, 0.2) is 42.7 Å². The number of ether oxygens (including phenoxy) is 1. The summed E-state index contributed by atoms with van der Waals surface area (Å²) in [7, 11) is 0. The lowest BCUT2D eigenvalue weighted by atomic mass is 10.2. The van der Waals surface area contributed by atoms with Crippen LogP contribution in [0.5, 0.6) is 0 Å². The third-order valence-corrected chi connectivity index (χ3v) is 5.05. The Morgan fingerprint density at radius 1 is 1.16 bits per heavy atom. The lowest BCUT2D eigenvalue weighted by Gasteiger charge is -2.24. The second-order valence-corrected chi connectivity index (χ2v) is 7.63. The predicted molar refractivity (Wildman–Crippen MR) is 104 cm³/mol. The van der Waals surface area contributed by atoms with Crippen molar-refractivity contribution in [2.24, 2.45) is 5.92 Å². The Labute approximate surface area is 177 Å². The summed E-state index contributed by atoms with van der Waals surface area (Å²) >= 11 is 0. The van der Waals surface area contributed by atoms with Gasteiger partial charge in [0.05, 0.1) is 31.5 Å². The molecule has 0 saturated heterocycles. The zero-order valence-electron chi connectivity index (χ0n) is 16.8. The van der Waals surface area contributed by atoms with Crippen LogP contribution < -0.4 is 0 Å². The molecule has 0 radical (unpaired) electrons. The summed E-state index contributed by atoms with van der Waals surface area (Å²) in [5.41, 5.74) is 2.11. The Hall–Kier alpha value is -2.88. The van der Waals surface area contributed by atoms with Gasteiger partial charge in [-0.05, 0) is 43.0 Å². The maximum atomic E-state index is 12.6. The van der Waals surface area contributed by atoms with Crippen LogP contribution in [0.4, 0.5) is 13.2 Å². The molecule has 1 atom stereocenters. The third-order valence-electron chi connectivity index (χ3n) is 5.05. The number of fused-ring (bicyclic) bond motifs is 1. The van der Waals surface area contributed by atoms with Crippen molar-refractivity contribution in [3.63, 3.8) is 0 Å². The van der Waals surface area contributed by atoms with Crippen LogP contribution >= 0.6 is 0 Å². The largest absolute Gasteiger partial charge is 0.490 e. The van der Waals surface area contributed by atoms with Gasteiger partial charge in [0.1, 0.15) is 0 Å². The number of carboxylic acids is 1. The van der Waals surface area contributed by atoms with E-state index in [9.17, 15) is 18.0 Å². The van der Waals surface area contributed by atoms with Crippen molar-refractivity contribution < 1.29 is 32.6 Å². The van der Waals surface area contributed by atoms with Crippen molar-refractivity contribution in [2.45, 2.75) is 51.2 Å². The molecule has 1 unspecified atom stereocenters. The quantitative estimate of drug-likeness (QED) is 0.773. The minimum Gasteiger partial charge on any atom is -0.475 e. The number of carbonyl (C=O) groups is 2. The van der Waals surface area contributed by atoms with Crippen LogP contribution in [0.2, 0.25) is 0 Å². The fourth-order valence-electron chi connectivity index (χ4n) is 3.23. The summed E-state index contributed by atoms with van der Waals surface area (Å²) in [6.45, 7) is 2.59. The fraction of sp³-hybridized carbons (Fsp3) is 0.476. The van der Waals surface area contributed by atoms with E-state index < -0.39 is 12.1 Å². The van der Waals surface area contributed by atoms with Crippen LogP contribution in [0.3, 0.4) is 0 Å². The van der Waals surface area contributed by atoms with Crippen LogP contribution in [-0.4, -0.2) is 50.3 Å². The van der Waals surface area contributed by atoms with Crippen molar-refractivity contribution in [3.05, 3.63) is 54.1 Å². The molecule has 2 aromatic heterocycles. The first-order valence-corrected chi connectivity index (χ1v) is 9.95. The number of amides is 1. The smallest absolute Gasteiger partial charge is 0.475 e. The third kappa shape index (κ3) is 7.09. The van der Waals surface area contributed by atoms with Gasteiger partial charge in [-0.25, -0.2) is 4.79 Å². The van der Waals surface area contributed by atoms with Crippen molar-refractivity contribution in [1.82, 2.24) is 14.5 Å². The van der Waals surface area contributed by atoms with E-state index in [4.69, 9.17) is 14.6 Å². The van der Waals surface area contributed by atoms with E-state index >= 15 is 0 Å². The normalized spacial score (nSPS) is 18.4. The average molecular weight is 439 g/mol. The molecule has 4 rings (SSSR count). The molecule has 3 heterocycles. The number of carbonyl (C=O) groups excluding carboxylic acids is 1. The number of carboxylic acid groups (broad SMARTS) is 1. The van der Waals surface area contributed by atoms with Gasteiger partial charge in [0.25, 0.3) is 0 Å². The summed E-state index contributed by atoms with van der Waals surface area (Å²) < 4.78 is 40.0. The summed E-state index contributed by atoms with van der Waals surface area (Å²) in [5, 5.41) is 7.12. The lowest BCUT2D eigenvalue weighted by molar-refractivity contribution is -0.192. The highest BCUT2D eigenvalue weighted by molar-refractivity contribution is 5.76. The Morgan fingerprint density at radius 3 is 2.52 bits per heavy atom. The Bertz CT molecular complexity index is 881. The predicted octanol–water partition coefficient (Wildman–Crippen LogP) is 3.24. The van der Waals surface area contributed by atoms with Gasteiger partial charge in [0.15, 0.2) is 0 Å². The van der Waals surface area contributed by atoms with E-state index in [-0.39, 0.29) is 12.0 Å². The highest BCUT2D eigenvalue weighted by Gasteiger charge is 2.38. The Morgan fingerprint density at radius 2 is 1.90 bits per heavy atom. The molecular weight excluding hydrogens is 415 g/mol. The van der Waals surface area contributed by atoms with Gasteiger partial charge in [0, 0.05) is 31.1 Å². The maximum absolute atomic E-state index is 12.6. The molecule has 31 heavy (non-hydrogen) atoms. The number of pyridine rings is 1. The maximum Gasteiger partial charge on any atom is 0.490 e. The molecular formula is C21H24F3N3O4. The van der Waals surface area contributed by atoms with Crippen molar-refractivity contribution >= 4 is 11.9 Å². The van der Waals surface area contributed by atoms with E-state index in [0.29, 0.717) is 32.0 Å². The zero-order valence-corrected chi connectivity index (χ0v) is 16.8. The summed E-state index contributed by atoms with van der Waals surface area (Å²) in [6.07, 6.45) is 1.85. The molecule has 1 aliphatic heterocycles. The average Bonchev–Trinajstić information content (AvgIpc) is 3.47. The van der Waals surface area contributed by atoms with E-state index in [1.165, 1.54) is 18.5 Å². The number of hydrogen-bond donors (Lipinski definition) is 1. The molecule has 10 heteroatoms. The number of alkyl halides is 3. The van der Waals surface area contributed by atoms with Crippen LogP contribution in [0.25, 0.3) is 0 Å². The first-order chi connectivity index (χ1) is 14.7. The van der Waals surface area contributed by atoms with Gasteiger partial charge in [-0.1, -0.05) is 6.07 Å². The molecule has 2 aromatic rings. The molecule has 168 valence electrons. The highest BCUT2D eigenvalue weighted by atomic mass is 19.4. The second-order valence-electron chi connectivity index (χ2n) is 7.63. The number of hydrogen-bond acceptors (Lipinski definition) is 4. The molecule has 1 saturated carbocycles. The number of rotatable bonds is 5. The Kier molecular flexibility index (Phi) is 7.32. The standard InChI is InChI=1S/C19H23N3O2.C2HF3O2/c23-19(10-15-6-7-15)22-11-17-5-3-9-21(17)12-18(13-22)24-14-16-4-1-2-8-20-16;3-2(4,5)1(6)7/h1-5,8-9,15,18H,6-7,10-14H2;(H,6,7). The molecule has 7 nitrogen and oxygen atoms in total. The zero-order chi connectivity index (χ0) is 22.4. The highest BCUT2D eigenvalue weighted by Crippen LogP contribution is 2.33. The minimum absolute atomic E-state index is 0.0104. The van der Waals surface area contributed by atoms with E-state index in [1.54, 1.807) is 6.20 Å². The van der Waals surface area contributed by atoms with Gasteiger partial charge in [0.2, 0.25) is 5.91 Å². The number of halogens is 3. The topological polar surface area (TPSA) is 84.7 Å². The number of aliphatic carboxylic acids is 1. The molecule has 0 aromatic carbocycles. The molecule has 2 aliphatic rings. The lowest BCUT2D eigenvalue weighted by Crippen LogP contribution is -2.37. The molecule has 1 fully saturated rings. The summed E-state index contributed by atoms with van der Waals surface area (Å²) in [5.74, 6) is -1.88. The van der Waals surface area contributed by atoms with Crippen LogP contribution in [-0.2, 0) is 34.0 Å². The van der Waals surface area contributed by atoms with Gasteiger partial charge < -0.3 is 19.3 Å². The van der Waals surface area contributed by atoms with E-state index in [2.05, 4.69) is 21.8 Å². The van der Waals surface area contributed by atoms with Gasteiger partial charge in [-0.15, -0.1) is 0 Å². The van der Waals surface area contributed by atoms with Gasteiger partial charge in [-0.2, -0.15) is 13.2 Å². The molecule has 0 spiro atoms. The first kappa shape index (κ1) is 22.8. The molecule has 0 bridgehead atoms.